The lowest BCUT2D eigenvalue weighted by atomic mass is 9.97. The number of ether oxygens (including phenoxy) is 2. The number of carbonyl (C=O) groups is 2. The van der Waals surface area contributed by atoms with Gasteiger partial charge in [0.2, 0.25) is 0 Å². The number of amides is 1. The van der Waals surface area contributed by atoms with Gasteiger partial charge in [0.15, 0.2) is 6.61 Å². The fourth-order valence-corrected chi connectivity index (χ4v) is 4.10. The minimum Gasteiger partial charge on any atom is -0.508 e. The van der Waals surface area contributed by atoms with Gasteiger partial charge in [0.25, 0.3) is 5.91 Å². The van der Waals surface area contributed by atoms with E-state index in [1.165, 1.54) is 7.11 Å². The Kier molecular flexibility index (Phi) is 7.14. The molecule has 1 aromatic heterocycles. The van der Waals surface area contributed by atoms with Crippen LogP contribution in [-0.2, 0) is 14.3 Å². The minimum atomic E-state index is -0.500. The van der Waals surface area contributed by atoms with Crippen LogP contribution in [0.4, 0.5) is 0 Å². The van der Waals surface area contributed by atoms with Crippen molar-refractivity contribution in [1.82, 2.24) is 14.9 Å². The Morgan fingerprint density at radius 1 is 1.11 bits per heavy atom. The van der Waals surface area contributed by atoms with Crippen LogP contribution < -0.4 is 10.4 Å². The number of aromatic nitrogens is 2. The molecule has 0 atom stereocenters. The summed E-state index contributed by atoms with van der Waals surface area (Å²) in [5, 5.41) is 9.78. The first kappa shape index (κ1) is 24.0. The second-order valence-electron chi connectivity index (χ2n) is 8.48. The summed E-state index contributed by atoms with van der Waals surface area (Å²) in [4.78, 5) is 45.0. The number of methoxy groups -OCH3 is 1. The molecule has 1 aliphatic rings. The number of aromatic hydroxyl groups is 1. The molecular formula is C26H27N3O6. The number of phenols is 1. The first-order chi connectivity index (χ1) is 16.8. The van der Waals surface area contributed by atoms with Crippen LogP contribution in [-0.4, -0.2) is 58.7 Å². The number of likely N-dealkylation sites (tertiary alicyclic amines) is 1. The van der Waals surface area contributed by atoms with Crippen molar-refractivity contribution in [2.45, 2.75) is 19.8 Å². The number of carbonyl (C=O) groups excluding carboxylic acids is 2. The number of phenolic OH excluding ortho intramolecular Hbond substituents is 1. The molecule has 2 N–H and O–H groups in total. The highest BCUT2D eigenvalue weighted by Gasteiger charge is 2.28. The number of nitrogens with one attached hydrogen (secondary N) is 1. The lowest BCUT2D eigenvalue weighted by molar-refractivity contribution is -0.149. The van der Waals surface area contributed by atoms with Crippen LogP contribution in [0.15, 0.2) is 53.3 Å². The van der Waals surface area contributed by atoms with Gasteiger partial charge in [-0.1, -0.05) is 12.1 Å². The molecule has 4 rings (SSSR count). The number of aromatic amines is 1. The van der Waals surface area contributed by atoms with Gasteiger partial charge in [-0.3, -0.25) is 9.59 Å². The molecule has 3 aromatic rings. The summed E-state index contributed by atoms with van der Waals surface area (Å²) < 4.78 is 10.5. The summed E-state index contributed by atoms with van der Waals surface area (Å²) in [6.45, 7) is 2.62. The van der Waals surface area contributed by atoms with Gasteiger partial charge in [0.05, 0.1) is 24.4 Å². The number of aryl methyl sites for hydroxylation is 1. The first-order valence-electron chi connectivity index (χ1n) is 11.3. The zero-order valence-corrected chi connectivity index (χ0v) is 19.6. The molecule has 2 heterocycles. The van der Waals surface area contributed by atoms with E-state index < -0.39 is 5.69 Å². The average Bonchev–Trinajstić information content (AvgIpc) is 2.88. The summed E-state index contributed by atoms with van der Waals surface area (Å²) in [5.74, 6) is 0.0979. The van der Waals surface area contributed by atoms with Crippen molar-refractivity contribution in [2.24, 2.45) is 5.92 Å². The Hall–Kier alpha value is -4.14. The summed E-state index contributed by atoms with van der Waals surface area (Å²) in [6.07, 6.45) is 1.15. The molecule has 1 fully saturated rings. The minimum absolute atomic E-state index is 0.132. The van der Waals surface area contributed by atoms with Crippen molar-refractivity contribution >= 4 is 11.9 Å². The number of H-pyrrole nitrogens is 1. The van der Waals surface area contributed by atoms with Gasteiger partial charge in [-0.15, -0.1) is 0 Å². The maximum Gasteiger partial charge on any atom is 0.345 e. The van der Waals surface area contributed by atoms with Gasteiger partial charge in [0, 0.05) is 18.7 Å². The highest BCUT2D eigenvalue weighted by molar-refractivity contribution is 5.79. The number of hydrogen-bond donors (Lipinski definition) is 2. The van der Waals surface area contributed by atoms with Gasteiger partial charge >= 0.3 is 11.7 Å². The van der Waals surface area contributed by atoms with Crippen molar-refractivity contribution in [1.29, 1.82) is 0 Å². The third kappa shape index (κ3) is 5.68. The zero-order valence-electron chi connectivity index (χ0n) is 19.6. The van der Waals surface area contributed by atoms with E-state index in [4.69, 9.17) is 9.47 Å². The lowest BCUT2D eigenvalue weighted by Gasteiger charge is -2.30. The number of piperidine rings is 1. The van der Waals surface area contributed by atoms with E-state index in [1.54, 1.807) is 60.4 Å². The maximum absolute atomic E-state index is 12.6. The molecular weight excluding hydrogens is 450 g/mol. The fraction of sp³-hybridized carbons (Fsp3) is 0.308. The summed E-state index contributed by atoms with van der Waals surface area (Å²) >= 11 is 0. The molecule has 0 spiro atoms. The molecule has 2 aromatic carbocycles. The third-order valence-corrected chi connectivity index (χ3v) is 6.13. The quantitative estimate of drug-likeness (QED) is 0.524. The van der Waals surface area contributed by atoms with Crippen molar-refractivity contribution in [3.8, 4) is 34.0 Å². The van der Waals surface area contributed by atoms with Gasteiger partial charge in [-0.05, 0) is 67.3 Å². The zero-order chi connectivity index (χ0) is 24.9. The van der Waals surface area contributed by atoms with Gasteiger partial charge in [0.1, 0.15) is 11.5 Å². The first-order valence-corrected chi connectivity index (χ1v) is 11.3. The maximum atomic E-state index is 12.6. The van der Waals surface area contributed by atoms with Crippen molar-refractivity contribution in [3.63, 3.8) is 0 Å². The molecule has 35 heavy (non-hydrogen) atoms. The van der Waals surface area contributed by atoms with E-state index >= 15 is 0 Å². The van der Waals surface area contributed by atoms with Gasteiger partial charge < -0.3 is 24.5 Å². The largest absolute Gasteiger partial charge is 0.508 e. The van der Waals surface area contributed by atoms with E-state index in [9.17, 15) is 19.5 Å². The summed E-state index contributed by atoms with van der Waals surface area (Å²) in [6, 6.07) is 13.9. The topological polar surface area (TPSA) is 122 Å². The Morgan fingerprint density at radius 2 is 1.89 bits per heavy atom. The van der Waals surface area contributed by atoms with E-state index in [1.807, 2.05) is 0 Å². The van der Waals surface area contributed by atoms with E-state index in [2.05, 4.69) is 9.97 Å². The molecule has 1 saturated heterocycles. The van der Waals surface area contributed by atoms with E-state index in [0.29, 0.717) is 54.2 Å². The van der Waals surface area contributed by atoms with Crippen LogP contribution >= 0.6 is 0 Å². The van der Waals surface area contributed by atoms with E-state index in [-0.39, 0.29) is 30.2 Å². The lowest BCUT2D eigenvalue weighted by Crippen LogP contribution is -2.42. The molecule has 1 amide bonds. The average molecular weight is 478 g/mol. The van der Waals surface area contributed by atoms with Crippen LogP contribution in [0.1, 0.15) is 18.4 Å². The third-order valence-electron chi connectivity index (χ3n) is 6.13. The van der Waals surface area contributed by atoms with Crippen molar-refractivity contribution in [3.05, 3.63) is 64.6 Å². The van der Waals surface area contributed by atoms with Crippen LogP contribution in [0.3, 0.4) is 0 Å². The van der Waals surface area contributed by atoms with E-state index in [0.717, 1.165) is 5.56 Å². The Morgan fingerprint density at radius 3 is 2.60 bits per heavy atom. The molecule has 9 heteroatoms. The number of benzene rings is 2. The SMILES string of the molecule is COC(=O)C1CCN(C(=O)COc2cccc(-c3cc(-c4ccc(O)c(C)c4)[nH]c(=O)n3)c2)CC1. The molecule has 182 valence electrons. The van der Waals surface area contributed by atoms with Gasteiger partial charge in [-0.2, -0.15) is 4.98 Å². The molecule has 0 saturated carbocycles. The normalized spacial score (nSPS) is 13.9. The number of hydrogen-bond acceptors (Lipinski definition) is 7. The molecule has 0 aliphatic carbocycles. The Balaban J connectivity index is 1.44. The van der Waals surface area contributed by atoms with Crippen LogP contribution in [0.5, 0.6) is 11.5 Å². The predicted octanol–water partition coefficient (Wildman–Crippen LogP) is 2.91. The monoisotopic (exact) mass is 477 g/mol. The van der Waals surface area contributed by atoms with Crippen molar-refractivity contribution < 1.29 is 24.2 Å². The fourth-order valence-electron chi connectivity index (χ4n) is 4.10. The molecule has 0 unspecified atom stereocenters. The summed E-state index contributed by atoms with van der Waals surface area (Å²) in [5.41, 5.74) is 2.62. The Labute approximate surface area is 202 Å². The number of esters is 1. The Bertz CT molecular complexity index is 1290. The second kappa shape index (κ2) is 10.4. The van der Waals surface area contributed by atoms with Crippen LogP contribution in [0.25, 0.3) is 22.5 Å². The molecule has 0 bridgehead atoms. The molecule has 1 aliphatic heterocycles. The highest BCUT2D eigenvalue weighted by Crippen LogP contribution is 2.27. The van der Waals surface area contributed by atoms with Crippen LogP contribution in [0, 0.1) is 12.8 Å². The predicted molar refractivity (Wildman–Crippen MR) is 129 cm³/mol. The molecule has 0 radical (unpaired) electrons. The second-order valence-corrected chi connectivity index (χ2v) is 8.48. The number of rotatable bonds is 6. The van der Waals surface area contributed by atoms with Crippen LogP contribution in [0.2, 0.25) is 0 Å². The highest BCUT2D eigenvalue weighted by atomic mass is 16.5. The summed E-state index contributed by atoms with van der Waals surface area (Å²) in [7, 11) is 1.37. The number of nitrogens with zero attached hydrogens (tertiary/aromatic N) is 2. The molecule has 9 nitrogen and oxygen atoms in total. The van der Waals surface area contributed by atoms with Crippen molar-refractivity contribution in [2.75, 3.05) is 26.8 Å². The standard InChI is InChI=1S/C26H27N3O6/c1-16-12-19(6-7-23(16)30)22-14-21(27-26(33)28-22)18-4-3-5-20(13-18)35-15-24(31)29-10-8-17(9-11-29)25(32)34-2/h3-7,12-14,17,30H,8-11,15H2,1-2H3,(H,27,28,33). The van der Waals surface area contributed by atoms with Gasteiger partial charge in [-0.25, -0.2) is 4.79 Å². The smallest absolute Gasteiger partial charge is 0.345 e.